The van der Waals surface area contributed by atoms with Crippen LogP contribution in [0.3, 0.4) is 0 Å². The predicted octanol–water partition coefficient (Wildman–Crippen LogP) is 1.79. The molecule has 1 aromatic carbocycles. The number of rotatable bonds is 6. The molecule has 4 nitrogen and oxygen atoms in total. The molecule has 0 radical (unpaired) electrons. The lowest BCUT2D eigenvalue weighted by atomic mass is 10.2. The Balaban J connectivity index is 2.63. The molecule has 98 valence electrons. The standard InChI is InChI=1S/C13H18N2O2S/c1-12(8-10-14)15(2)18(16,17)11-9-13-6-4-3-5-7-13/h3-7,12H,8-9,11H2,1-2H3. The Bertz CT molecular complexity index is 506. The van der Waals surface area contributed by atoms with Crippen LogP contribution < -0.4 is 0 Å². The Hall–Kier alpha value is -1.38. The molecule has 0 saturated carbocycles. The van der Waals surface area contributed by atoms with Gasteiger partial charge in [-0.1, -0.05) is 30.3 Å². The zero-order valence-electron chi connectivity index (χ0n) is 10.7. The Morgan fingerprint density at radius 1 is 1.33 bits per heavy atom. The smallest absolute Gasteiger partial charge is 0.212 e. The average Bonchev–Trinajstić information content (AvgIpc) is 2.37. The minimum absolute atomic E-state index is 0.0727. The average molecular weight is 266 g/mol. The number of sulfonamides is 1. The maximum atomic E-state index is 12.0. The van der Waals surface area contributed by atoms with Crippen LogP contribution in [0.15, 0.2) is 30.3 Å². The maximum absolute atomic E-state index is 12.0. The van der Waals surface area contributed by atoms with Crippen molar-refractivity contribution in [1.29, 1.82) is 5.26 Å². The van der Waals surface area contributed by atoms with E-state index in [1.807, 2.05) is 36.4 Å². The van der Waals surface area contributed by atoms with Gasteiger partial charge in [0.05, 0.1) is 18.2 Å². The summed E-state index contributed by atoms with van der Waals surface area (Å²) in [5.74, 6) is 0.0727. The quantitative estimate of drug-likeness (QED) is 0.788. The molecule has 0 spiro atoms. The van der Waals surface area contributed by atoms with Crippen LogP contribution in [-0.2, 0) is 16.4 Å². The predicted molar refractivity (Wildman–Crippen MR) is 71.4 cm³/mol. The molecule has 0 N–H and O–H groups in total. The molecule has 0 heterocycles. The number of benzene rings is 1. The van der Waals surface area contributed by atoms with E-state index in [2.05, 4.69) is 0 Å². The Labute approximate surface area is 109 Å². The topological polar surface area (TPSA) is 61.2 Å². The van der Waals surface area contributed by atoms with E-state index < -0.39 is 10.0 Å². The fourth-order valence-corrected chi connectivity index (χ4v) is 2.97. The van der Waals surface area contributed by atoms with E-state index in [1.54, 1.807) is 6.92 Å². The van der Waals surface area contributed by atoms with E-state index in [9.17, 15) is 8.42 Å². The van der Waals surface area contributed by atoms with E-state index in [-0.39, 0.29) is 18.2 Å². The van der Waals surface area contributed by atoms with Gasteiger partial charge in [0.15, 0.2) is 0 Å². The number of hydrogen-bond donors (Lipinski definition) is 0. The minimum atomic E-state index is -3.30. The van der Waals surface area contributed by atoms with E-state index in [1.165, 1.54) is 11.4 Å². The van der Waals surface area contributed by atoms with Gasteiger partial charge in [-0.25, -0.2) is 12.7 Å². The summed E-state index contributed by atoms with van der Waals surface area (Å²) in [6.07, 6.45) is 0.702. The summed E-state index contributed by atoms with van der Waals surface area (Å²) in [5, 5.41) is 8.59. The summed E-state index contributed by atoms with van der Waals surface area (Å²) in [5.41, 5.74) is 1.00. The van der Waals surface area contributed by atoms with Crippen LogP contribution in [0.5, 0.6) is 0 Å². The van der Waals surface area contributed by atoms with Crippen LogP contribution in [0.1, 0.15) is 18.9 Å². The third kappa shape index (κ3) is 4.13. The Morgan fingerprint density at radius 2 is 1.94 bits per heavy atom. The molecule has 0 aromatic heterocycles. The summed E-state index contributed by atoms with van der Waals surface area (Å²) >= 11 is 0. The second kappa shape index (κ2) is 6.53. The van der Waals surface area contributed by atoms with Gasteiger partial charge in [0.1, 0.15) is 0 Å². The third-order valence-electron chi connectivity index (χ3n) is 2.94. The molecule has 0 fully saturated rings. The number of hydrogen-bond acceptors (Lipinski definition) is 3. The highest BCUT2D eigenvalue weighted by atomic mass is 32.2. The van der Waals surface area contributed by atoms with Crippen LogP contribution in [0.4, 0.5) is 0 Å². The second-order valence-corrected chi connectivity index (χ2v) is 6.43. The molecule has 1 unspecified atom stereocenters. The summed E-state index contributed by atoms with van der Waals surface area (Å²) in [7, 11) is -1.77. The van der Waals surface area contributed by atoms with Gasteiger partial charge in [0, 0.05) is 13.1 Å². The van der Waals surface area contributed by atoms with Crippen molar-refractivity contribution in [1.82, 2.24) is 4.31 Å². The van der Waals surface area contributed by atoms with E-state index in [0.717, 1.165) is 5.56 Å². The first-order chi connectivity index (χ1) is 8.47. The van der Waals surface area contributed by atoms with Gasteiger partial charge in [-0.05, 0) is 18.9 Å². The zero-order chi connectivity index (χ0) is 13.6. The van der Waals surface area contributed by atoms with Gasteiger partial charge < -0.3 is 0 Å². The van der Waals surface area contributed by atoms with Crippen molar-refractivity contribution in [2.75, 3.05) is 12.8 Å². The molecular weight excluding hydrogens is 248 g/mol. The van der Waals surface area contributed by atoms with Crippen molar-refractivity contribution < 1.29 is 8.42 Å². The normalized spacial score (nSPS) is 13.2. The molecule has 0 amide bonds. The van der Waals surface area contributed by atoms with Crippen LogP contribution in [0.25, 0.3) is 0 Å². The van der Waals surface area contributed by atoms with Crippen molar-refractivity contribution in [3.05, 3.63) is 35.9 Å². The lowest BCUT2D eigenvalue weighted by molar-refractivity contribution is 0.393. The van der Waals surface area contributed by atoms with E-state index >= 15 is 0 Å². The van der Waals surface area contributed by atoms with Crippen molar-refractivity contribution in [2.45, 2.75) is 25.8 Å². The summed E-state index contributed by atoms with van der Waals surface area (Å²) in [6.45, 7) is 1.74. The molecule has 1 aromatic rings. The Kier molecular flexibility index (Phi) is 5.32. The van der Waals surface area contributed by atoms with Crippen molar-refractivity contribution >= 4 is 10.0 Å². The molecule has 1 rings (SSSR count). The molecular formula is C13H18N2O2S. The fraction of sp³-hybridized carbons (Fsp3) is 0.462. The number of nitriles is 1. The first kappa shape index (κ1) is 14.7. The van der Waals surface area contributed by atoms with Crippen molar-refractivity contribution in [3.8, 4) is 6.07 Å². The van der Waals surface area contributed by atoms with Gasteiger partial charge in [0.2, 0.25) is 10.0 Å². The van der Waals surface area contributed by atoms with Crippen molar-refractivity contribution in [3.63, 3.8) is 0 Å². The summed E-state index contributed by atoms with van der Waals surface area (Å²) in [6, 6.07) is 11.2. The molecule has 0 aliphatic heterocycles. The monoisotopic (exact) mass is 266 g/mol. The lowest BCUT2D eigenvalue weighted by Gasteiger charge is -2.22. The SMILES string of the molecule is CC(CC#N)N(C)S(=O)(=O)CCc1ccccc1. The Morgan fingerprint density at radius 3 is 2.50 bits per heavy atom. The highest BCUT2D eigenvalue weighted by molar-refractivity contribution is 7.89. The maximum Gasteiger partial charge on any atom is 0.214 e. The molecule has 0 aliphatic rings. The van der Waals surface area contributed by atoms with Gasteiger partial charge >= 0.3 is 0 Å². The molecule has 18 heavy (non-hydrogen) atoms. The van der Waals surface area contributed by atoms with Crippen LogP contribution in [-0.4, -0.2) is 31.6 Å². The number of nitrogens with zero attached hydrogens (tertiary/aromatic N) is 2. The fourth-order valence-electron chi connectivity index (χ4n) is 1.57. The van der Waals surface area contributed by atoms with Gasteiger partial charge in [-0.3, -0.25) is 0 Å². The second-order valence-electron chi connectivity index (χ2n) is 4.28. The number of aryl methyl sites for hydroxylation is 1. The summed E-state index contributed by atoms with van der Waals surface area (Å²) in [4.78, 5) is 0. The minimum Gasteiger partial charge on any atom is -0.212 e. The first-order valence-corrected chi connectivity index (χ1v) is 7.45. The van der Waals surface area contributed by atoms with Crippen LogP contribution >= 0.6 is 0 Å². The summed E-state index contributed by atoms with van der Waals surface area (Å²) < 4.78 is 25.4. The van der Waals surface area contributed by atoms with Gasteiger partial charge in [-0.15, -0.1) is 0 Å². The zero-order valence-corrected chi connectivity index (χ0v) is 11.5. The molecule has 5 heteroatoms. The lowest BCUT2D eigenvalue weighted by Crippen LogP contribution is -2.36. The van der Waals surface area contributed by atoms with Gasteiger partial charge in [0.25, 0.3) is 0 Å². The first-order valence-electron chi connectivity index (χ1n) is 5.84. The molecule has 0 aliphatic carbocycles. The highest BCUT2D eigenvalue weighted by Gasteiger charge is 2.22. The third-order valence-corrected chi connectivity index (χ3v) is 4.90. The van der Waals surface area contributed by atoms with Crippen molar-refractivity contribution in [2.24, 2.45) is 0 Å². The van der Waals surface area contributed by atoms with E-state index in [0.29, 0.717) is 6.42 Å². The van der Waals surface area contributed by atoms with Gasteiger partial charge in [-0.2, -0.15) is 5.26 Å². The van der Waals surface area contributed by atoms with Crippen LogP contribution in [0.2, 0.25) is 0 Å². The molecule has 0 saturated heterocycles. The largest absolute Gasteiger partial charge is 0.214 e. The van der Waals surface area contributed by atoms with Crippen LogP contribution in [0, 0.1) is 11.3 Å². The molecule has 1 atom stereocenters. The van der Waals surface area contributed by atoms with E-state index in [4.69, 9.17) is 5.26 Å². The highest BCUT2D eigenvalue weighted by Crippen LogP contribution is 2.10. The molecule has 0 bridgehead atoms.